The molecule has 0 aromatic heterocycles. The molecule has 21 heavy (non-hydrogen) atoms. The minimum absolute atomic E-state index is 0.0213. The van der Waals surface area contributed by atoms with Gasteiger partial charge in [0.1, 0.15) is 0 Å². The molecule has 0 spiro atoms. The molecule has 0 saturated carbocycles. The molecular formula is C17H36N2O2. The Bertz CT molecular complexity index is 284. The summed E-state index contributed by atoms with van der Waals surface area (Å²) in [5.41, 5.74) is 4.86. The zero-order valence-corrected chi connectivity index (χ0v) is 14.7. The normalized spacial score (nSPS) is 17.2. The lowest BCUT2D eigenvalue weighted by atomic mass is 9.93. The number of nitrogens with one attached hydrogen (secondary N) is 1. The van der Waals surface area contributed by atoms with Gasteiger partial charge in [0.2, 0.25) is 5.91 Å². The molecule has 0 heterocycles. The fourth-order valence-electron chi connectivity index (χ4n) is 2.61. The zero-order valence-electron chi connectivity index (χ0n) is 14.7. The van der Waals surface area contributed by atoms with Crippen LogP contribution in [0.5, 0.6) is 0 Å². The molecule has 3 N–H and O–H groups in total. The Kier molecular flexibility index (Phi) is 10.7. The summed E-state index contributed by atoms with van der Waals surface area (Å²) in [6, 6.07) is 0. The quantitative estimate of drug-likeness (QED) is 0.512. The summed E-state index contributed by atoms with van der Waals surface area (Å²) in [5.74, 6) is -0.304. The zero-order chi connectivity index (χ0) is 16.3. The van der Waals surface area contributed by atoms with Crippen molar-refractivity contribution in [3.05, 3.63) is 0 Å². The van der Waals surface area contributed by atoms with Crippen LogP contribution in [0.3, 0.4) is 0 Å². The molecule has 0 radical (unpaired) electrons. The average molecular weight is 300 g/mol. The number of carbonyl (C=O) groups is 1. The summed E-state index contributed by atoms with van der Waals surface area (Å²) in [6.07, 6.45) is 7.97. The summed E-state index contributed by atoms with van der Waals surface area (Å²) in [5, 5.41) is 3.25. The molecule has 0 saturated heterocycles. The van der Waals surface area contributed by atoms with Gasteiger partial charge in [0.25, 0.3) is 0 Å². The van der Waals surface area contributed by atoms with Crippen LogP contribution in [0.1, 0.15) is 79.6 Å². The second-order valence-electron chi connectivity index (χ2n) is 6.43. The Balaban J connectivity index is 4.18. The maximum absolute atomic E-state index is 11.7. The molecule has 4 heteroatoms. The standard InChI is InChI=1S/C17H36N2O2/c1-6-8-9-10-11-14(3)21-15(4)13-17(5,16(18)20)19-12-7-2/h14-15,19H,6-13H2,1-5H3,(H2,18,20). The van der Waals surface area contributed by atoms with Gasteiger partial charge in [-0.2, -0.15) is 0 Å². The number of carbonyl (C=O) groups excluding carboxylic acids is 1. The van der Waals surface area contributed by atoms with Crippen LogP contribution in [-0.4, -0.2) is 30.2 Å². The molecule has 0 aliphatic rings. The van der Waals surface area contributed by atoms with Gasteiger partial charge in [-0.3, -0.25) is 4.79 Å². The first-order valence-electron chi connectivity index (χ1n) is 8.56. The van der Waals surface area contributed by atoms with Gasteiger partial charge in [0.05, 0.1) is 17.7 Å². The molecule has 0 aliphatic heterocycles. The van der Waals surface area contributed by atoms with E-state index in [0.29, 0.717) is 6.42 Å². The first-order chi connectivity index (χ1) is 9.85. The number of hydrogen-bond acceptors (Lipinski definition) is 3. The van der Waals surface area contributed by atoms with Gasteiger partial charge in [-0.25, -0.2) is 0 Å². The van der Waals surface area contributed by atoms with Crippen molar-refractivity contribution in [3.63, 3.8) is 0 Å². The number of hydrogen-bond donors (Lipinski definition) is 2. The Morgan fingerprint density at radius 2 is 1.81 bits per heavy atom. The number of nitrogens with two attached hydrogens (primary N) is 1. The van der Waals surface area contributed by atoms with E-state index in [4.69, 9.17) is 10.5 Å². The molecule has 3 atom stereocenters. The van der Waals surface area contributed by atoms with Gasteiger partial charge in [-0.1, -0.05) is 39.5 Å². The van der Waals surface area contributed by atoms with E-state index < -0.39 is 5.54 Å². The van der Waals surface area contributed by atoms with Crippen LogP contribution < -0.4 is 11.1 Å². The third kappa shape index (κ3) is 9.10. The van der Waals surface area contributed by atoms with Crippen LogP contribution in [0.4, 0.5) is 0 Å². The van der Waals surface area contributed by atoms with Gasteiger partial charge in [-0.15, -0.1) is 0 Å². The molecule has 126 valence electrons. The van der Waals surface area contributed by atoms with Crippen LogP contribution in [0.15, 0.2) is 0 Å². The summed E-state index contributed by atoms with van der Waals surface area (Å²) >= 11 is 0. The van der Waals surface area contributed by atoms with Crippen molar-refractivity contribution in [1.82, 2.24) is 5.32 Å². The van der Waals surface area contributed by atoms with Crippen LogP contribution in [-0.2, 0) is 9.53 Å². The topological polar surface area (TPSA) is 64.3 Å². The minimum Gasteiger partial charge on any atom is -0.375 e. The molecule has 0 bridgehead atoms. The van der Waals surface area contributed by atoms with Crippen molar-refractivity contribution in [3.8, 4) is 0 Å². The first-order valence-corrected chi connectivity index (χ1v) is 8.56. The molecule has 0 rings (SSSR count). The number of amides is 1. The van der Waals surface area contributed by atoms with Crippen LogP contribution in [0.2, 0.25) is 0 Å². The average Bonchev–Trinajstić information content (AvgIpc) is 2.41. The van der Waals surface area contributed by atoms with Crippen molar-refractivity contribution >= 4 is 5.91 Å². The van der Waals surface area contributed by atoms with E-state index in [9.17, 15) is 4.79 Å². The third-order valence-corrected chi connectivity index (χ3v) is 3.93. The lowest BCUT2D eigenvalue weighted by Crippen LogP contribution is -2.55. The van der Waals surface area contributed by atoms with Crippen LogP contribution in [0, 0.1) is 0 Å². The Morgan fingerprint density at radius 1 is 1.14 bits per heavy atom. The fourth-order valence-corrected chi connectivity index (χ4v) is 2.61. The highest BCUT2D eigenvalue weighted by atomic mass is 16.5. The Morgan fingerprint density at radius 3 is 2.33 bits per heavy atom. The number of unbranched alkanes of at least 4 members (excludes halogenated alkanes) is 3. The van der Waals surface area contributed by atoms with E-state index in [1.807, 2.05) is 13.8 Å². The second-order valence-corrected chi connectivity index (χ2v) is 6.43. The summed E-state index contributed by atoms with van der Waals surface area (Å²) < 4.78 is 6.01. The maximum Gasteiger partial charge on any atom is 0.237 e. The predicted molar refractivity (Wildman–Crippen MR) is 89.3 cm³/mol. The summed E-state index contributed by atoms with van der Waals surface area (Å²) in [6.45, 7) is 11.1. The van der Waals surface area contributed by atoms with Crippen molar-refractivity contribution in [2.24, 2.45) is 5.73 Å². The van der Waals surface area contributed by atoms with Crippen molar-refractivity contribution < 1.29 is 9.53 Å². The van der Waals surface area contributed by atoms with E-state index in [0.717, 1.165) is 19.4 Å². The van der Waals surface area contributed by atoms with E-state index in [2.05, 4.69) is 26.1 Å². The van der Waals surface area contributed by atoms with Gasteiger partial charge in [0, 0.05) is 6.42 Å². The fraction of sp³-hybridized carbons (Fsp3) is 0.941. The van der Waals surface area contributed by atoms with Gasteiger partial charge in [-0.05, 0) is 40.2 Å². The van der Waals surface area contributed by atoms with E-state index in [-0.39, 0.29) is 18.1 Å². The lowest BCUT2D eigenvalue weighted by Gasteiger charge is -2.31. The van der Waals surface area contributed by atoms with E-state index in [1.54, 1.807) is 0 Å². The first kappa shape index (κ1) is 20.4. The van der Waals surface area contributed by atoms with Crippen molar-refractivity contribution in [2.75, 3.05) is 6.54 Å². The lowest BCUT2D eigenvalue weighted by molar-refractivity contribution is -0.126. The minimum atomic E-state index is -0.683. The summed E-state index contributed by atoms with van der Waals surface area (Å²) in [4.78, 5) is 11.7. The molecular weight excluding hydrogens is 264 g/mol. The molecule has 0 aromatic rings. The third-order valence-electron chi connectivity index (χ3n) is 3.93. The monoisotopic (exact) mass is 300 g/mol. The molecule has 0 aliphatic carbocycles. The Hall–Kier alpha value is -0.610. The SMILES string of the molecule is CCCCCCC(C)OC(C)CC(C)(NCCC)C(N)=O. The molecule has 3 unspecified atom stereocenters. The maximum atomic E-state index is 11.7. The Labute approximate surface area is 131 Å². The number of rotatable bonds is 13. The number of ether oxygens (including phenoxy) is 1. The highest BCUT2D eigenvalue weighted by Crippen LogP contribution is 2.17. The highest BCUT2D eigenvalue weighted by Gasteiger charge is 2.32. The second kappa shape index (κ2) is 11.0. The highest BCUT2D eigenvalue weighted by molar-refractivity contribution is 5.84. The van der Waals surface area contributed by atoms with Crippen LogP contribution >= 0.6 is 0 Å². The predicted octanol–water partition coefficient (Wildman–Crippen LogP) is 3.38. The molecule has 0 fully saturated rings. The van der Waals surface area contributed by atoms with Crippen molar-refractivity contribution in [2.45, 2.75) is 97.3 Å². The van der Waals surface area contributed by atoms with Crippen molar-refractivity contribution in [1.29, 1.82) is 0 Å². The van der Waals surface area contributed by atoms with Crippen LogP contribution in [0.25, 0.3) is 0 Å². The number of primary amides is 1. The molecule has 1 amide bonds. The van der Waals surface area contributed by atoms with Gasteiger partial charge in [0.15, 0.2) is 0 Å². The van der Waals surface area contributed by atoms with Gasteiger partial charge >= 0.3 is 0 Å². The largest absolute Gasteiger partial charge is 0.375 e. The van der Waals surface area contributed by atoms with E-state index in [1.165, 1.54) is 25.7 Å². The molecule has 0 aromatic carbocycles. The van der Waals surface area contributed by atoms with Gasteiger partial charge < -0.3 is 15.8 Å². The summed E-state index contributed by atoms with van der Waals surface area (Å²) in [7, 11) is 0. The smallest absolute Gasteiger partial charge is 0.237 e. The molecule has 4 nitrogen and oxygen atoms in total. The van der Waals surface area contributed by atoms with E-state index >= 15 is 0 Å².